The maximum absolute atomic E-state index is 12.5. The molecule has 11 aromatic carbocycles. The fourth-order valence-corrected chi connectivity index (χ4v) is 14.8. The Hall–Kier alpha value is -9.76. The van der Waals surface area contributed by atoms with Crippen LogP contribution in [-0.2, 0) is 0 Å². The highest BCUT2D eigenvalue weighted by Gasteiger charge is 2.34. The van der Waals surface area contributed by atoms with Crippen LogP contribution in [0.1, 0.15) is 5.56 Å². The van der Waals surface area contributed by atoms with Crippen LogP contribution < -0.4 is 0 Å². The van der Waals surface area contributed by atoms with Gasteiger partial charge in [0.25, 0.3) is 0 Å². The van der Waals surface area contributed by atoms with Gasteiger partial charge in [-0.05, 0) is 52.6 Å². The molecule has 75 heavy (non-hydrogen) atoms. The van der Waals surface area contributed by atoms with Gasteiger partial charge in [-0.3, -0.25) is 0 Å². The van der Waals surface area contributed by atoms with Crippen LogP contribution >= 0.6 is 22.7 Å². The van der Waals surface area contributed by atoms with Gasteiger partial charge < -0.3 is 13.6 Å². The molecule has 5 aromatic heterocycles. The van der Waals surface area contributed by atoms with Gasteiger partial charge in [0.15, 0.2) is 5.58 Å². The highest BCUT2D eigenvalue weighted by molar-refractivity contribution is 7.27. The molecule has 16 aromatic rings. The minimum absolute atomic E-state index is 0.383. The summed E-state index contributed by atoms with van der Waals surface area (Å²) in [5.74, 6) is 0. The Balaban J connectivity index is 1.19. The lowest BCUT2D eigenvalue weighted by atomic mass is 9.88. The maximum Gasteiger partial charge on any atom is 0.221 e. The summed E-state index contributed by atoms with van der Waals surface area (Å²) in [7, 11) is 0. The second kappa shape index (κ2) is 15.9. The molecule has 0 N–H and O–H groups in total. The lowest BCUT2D eigenvalue weighted by Gasteiger charge is -2.25. The third kappa shape index (κ3) is 5.74. The molecular formula is C68H36N4OS2. The molecule has 0 amide bonds. The summed E-state index contributed by atoms with van der Waals surface area (Å²) in [5.41, 5.74) is 12.6. The fourth-order valence-electron chi connectivity index (χ4n) is 12.3. The van der Waals surface area contributed by atoms with E-state index >= 15 is 0 Å². The Morgan fingerprint density at radius 2 is 0.947 bits per heavy atom. The van der Waals surface area contributed by atoms with Gasteiger partial charge >= 0.3 is 0 Å². The summed E-state index contributed by atoms with van der Waals surface area (Å²) in [4.78, 5) is 4.75. The number of thiophene rings is 2. The van der Waals surface area contributed by atoms with Gasteiger partial charge in [0.1, 0.15) is 11.7 Å². The first-order valence-corrected chi connectivity index (χ1v) is 26.6. The van der Waals surface area contributed by atoms with Crippen molar-refractivity contribution in [2.24, 2.45) is 0 Å². The molecular weight excluding hydrogens is 953 g/mol. The highest BCUT2D eigenvalue weighted by Crippen LogP contribution is 2.56. The molecule has 0 bridgehead atoms. The Bertz CT molecular complexity index is 4990. The Labute approximate surface area is 436 Å². The van der Waals surface area contributed by atoms with Crippen molar-refractivity contribution in [2.45, 2.75) is 0 Å². The molecule has 0 spiro atoms. The largest absolute Gasteiger partial charge is 0.454 e. The van der Waals surface area contributed by atoms with E-state index < -0.39 is 0 Å². The summed E-state index contributed by atoms with van der Waals surface area (Å²) < 4.78 is 16.3. The number of para-hydroxylation sites is 1. The second-order valence-corrected chi connectivity index (χ2v) is 21.3. The topological polar surface area (TPSA) is 51.1 Å². The van der Waals surface area contributed by atoms with Crippen molar-refractivity contribution < 1.29 is 4.42 Å². The molecule has 0 aliphatic heterocycles. The van der Waals surface area contributed by atoms with Crippen molar-refractivity contribution in [3.8, 4) is 50.8 Å². The molecule has 0 unspecified atom stereocenters. The van der Waals surface area contributed by atoms with Crippen LogP contribution in [0.15, 0.2) is 223 Å². The van der Waals surface area contributed by atoms with Crippen molar-refractivity contribution in [2.75, 3.05) is 0 Å². The number of hydrogen-bond acceptors (Lipinski definition) is 4. The monoisotopic (exact) mass is 988 g/mol. The van der Waals surface area contributed by atoms with Gasteiger partial charge in [-0.25, -0.2) is 4.85 Å². The lowest BCUT2D eigenvalue weighted by Crippen LogP contribution is -2.08. The predicted octanol–water partition coefficient (Wildman–Crippen LogP) is 19.9. The first-order valence-electron chi connectivity index (χ1n) is 24.9. The number of aromatic nitrogens is 2. The van der Waals surface area contributed by atoms with Crippen molar-refractivity contribution in [3.05, 3.63) is 235 Å². The zero-order valence-electron chi connectivity index (χ0n) is 39.8. The first-order chi connectivity index (χ1) is 37.2. The Kier molecular flexibility index (Phi) is 8.85. The summed E-state index contributed by atoms with van der Waals surface area (Å²) >= 11 is 3.54. The minimum atomic E-state index is 0.383. The molecule has 0 aliphatic carbocycles. The van der Waals surface area contributed by atoms with E-state index in [1.165, 1.54) is 20.2 Å². The van der Waals surface area contributed by atoms with Crippen LogP contribution in [0.4, 0.5) is 5.69 Å². The number of nitriles is 1. The maximum atomic E-state index is 12.5. The second-order valence-electron chi connectivity index (χ2n) is 19.2. The first kappa shape index (κ1) is 41.8. The van der Waals surface area contributed by atoms with Crippen LogP contribution in [0.3, 0.4) is 0 Å². The molecule has 0 saturated heterocycles. The van der Waals surface area contributed by atoms with E-state index in [1.54, 1.807) is 22.7 Å². The van der Waals surface area contributed by atoms with E-state index in [1.807, 2.05) is 48.5 Å². The average Bonchev–Trinajstić information content (AvgIpc) is 4.32. The van der Waals surface area contributed by atoms with Crippen LogP contribution in [0.5, 0.6) is 0 Å². The van der Waals surface area contributed by atoms with Crippen molar-refractivity contribution in [3.63, 3.8) is 0 Å². The predicted molar refractivity (Wildman–Crippen MR) is 315 cm³/mol. The number of rotatable bonds is 5. The normalized spacial score (nSPS) is 12.0. The molecule has 5 heterocycles. The van der Waals surface area contributed by atoms with E-state index in [9.17, 15) is 11.8 Å². The van der Waals surface area contributed by atoms with Crippen LogP contribution in [0.2, 0.25) is 0 Å². The van der Waals surface area contributed by atoms with E-state index in [0.29, 0.717) is 16.9 Å². The van der Waals surface area contributed by atoms with Crippen molar-refractivity contribution in [1.29, 1.82) is 5.26 Å². The lowest BCUT2D eigenvalue weighted by molar-refractivity contribution is 0.671. The van der Waals surface area contributed by atoms with E-state index in [-0.39, 0.29) is 0 Å². The fraction of sp³-hybridized carbons (Fsp3) is 0. The number of furan rings is 1. The third-order valence-electron chi connectivity index (χ3n) is 15.4. The van der Waals surface area contributed by atoms with Gasteiger partial charge in [0, 0.05) is 74.4 Å². The Morgan fingerprint density at radius 1 is 0.427 bits per heavy atom. The molecule has 16 rings (SSSR count). The smallest absolute Gasteiger partial charge is 0.221 e. The average molecular weight is 989 g/mol. The van der Waals surface area contributed by atoms with Gasteiger partial charge in [-0.15, -0.1) is 22.7 Å². The SMILES string of the molecule is [C-]#[N+]c1c(-c2ccccc2)c(-n2c3cccc(-c4ccccc4)c3c3ccc4c5ccccc5oc4c32)c(-c2ccccc2)c(C#N)c1-n1c2c(ccc3c4ccccc4sc32)c2ccc3c4ccccc4sc3c21. The van der Waals surface area contributed by atoms with Crippen LogP contribution in [-0.4, -0.2) is 9.13 Å². The van der Waals surface area contributed by atoms with Crippen LogP contribution in [0.25, 0.3) is 155 Å². The summed E-state index contributed by atoms with van der Waals surface area (Å²) in [6.45, 7) is 9.72. The molecule has 0 aliphatic rings. The standard InChI is InChI=1S/C68H36N4OS2/c1-70-60-58(41-22-9-4-10-23-41)65(71-53-28-17-27-42(39-18-5-2-6-19-39)59(53)51-37-34-48-43-24-11-14-29-54(43)73-66(48)62(51)71)57(40-20-7-3-8-21-40)52(38-69)61(60)72-63-46(32-35-49-44-25-12-15-30-55(44)74-67(49)63)47-33-36-50-45-26-13-16-31-56(45)75-68(50)64(47)72/h2-37H. The summed E-state index contributed by atoms with van der Waals surface area (Å²) in [6, 6.07) is 79.4. The molecule has 346 valence electrons. The Morgan fingerprint density at radius 3 is 1.56 bits per heavy atom. The number of benzene rings is 11. The van der Waals surface area contributed by atoms with E-state index in [2.05, 4.69) is 185 Å². The number of nitrogens with zero attached hydrogens (tertiary/aromatic N) is 4. The van der Waals surface area contributed by atoms with Gasteiger partial charge in [-0.1, -0.05) is 188 Å². The zero-order valence-corrected chi connectivity index (χ0v) is 41.4. The third-order valence-corrected chi connectivity index (χ3v) is 17.8. The summed E-state index contributed by atoms with van der Waals surface area (Å²) in [5, 5.41) is 23.3. The molecule has 0 radical (unpaired) electrons. The van der Waals surface area contributed by atoms with Crippen LogP contribution in [0, 0.1) is 17.9 Å². The van der Waals surface area contributed by atoms with Gasteiger partial charge in [0.2, 0.25) is 5.69 Å². The quantitative estimate of drug-likeness (QED) is 0.161. The highest BCUT2D eigenvalue weighted by atomic mass is 32.1. The minimum Gasteiger partial charge on any atom is -0.454 e. The molecule has 0 saturated carbocycles. The molecule has 0 fully saturated rings. The van der Waals surface area contributed by atoms with Gasteiger partial charge in [-0.2, -0.15) is 5.26 Å². The van der Waals surface area contributed by atoms with E-state index in [0.717, 1.165) is 125 Å². The number of fused-ring (bicyclic) bond motifs is 18. The summed E-state index contributed by atoms with van der Waals surface area (Å²) in [6.07, 6.45) is 0. The van der Waals surface area contributed by atoms with E-state index in [4.69, 9.17) is 9.26 Å². The van der Waals surface area contributed by atoms with Gasteiger partial charge in [0.05, 0.1) is 55.0 Å². The molecule has 7 heteroatoms. The van der Waals surface area contributed by atoms with Crippen molar-refractivity contribution >= 4 is 134 Å². The van der Waals surface area contributed by atoms with Crippen molar-refractivity contribution in [1.82, 2.24) is 9.13 Å². The molecule has 5 nitrogen and oxygen atoms in total. The zero-order chi connectivity index (χ0) is 49.5. The molecule has 0 atom stereocenters. The number of hydrogen-bond donors (Lipinski definition) is 0.